The highest BCUT2D eigenvalue weighted by atomic mass is 32.2. The zero-order valence-electron chi connectivity index (χ0n) is 15.4. The fraction of sp³-hybridized carbons (Fsp3) is 0.250. The van der Waals surface area contributed by atoms with Crippen molar-refractivity contribution in [2.75, 3.05) is 4.72 Å². The van der Waals surface area contributed by atoms with Gasteiger partial charge in [-0.05, 0) is 49.9 Å². The minimum Gasteiger partial charge on any atom is -0.276 e. The van der Waals surface area contributed by atoms with Gasteiger partial charge in [-0.1, -0.05) is 42.0 Å². The summed E-state index contributed by atoms with van der Waals surface area (Å²) in [6.45, 7) is 8.23. The van der Waals surface area contributed by atoms with E-state index in [2.05, 4.69) is 9.82 Å². The molecule has 0 amide bonds. The first-order valence-electron chi connectivity index (χ1n) is 8.44. The summed E-state index contributed by atoms with van der Waals surface area (Å²) in [5, 5.41) is 4.28. The second kappa shape index (κ2) is 6.96. The summed E-state index contributed by atoms with van der Waals surface area (Å²) < 4.78 is 30.0. The van der Waals surface area contributed by atoms with E-state index in [-0.39, 0.29) is 0 Å². The Morgan fingerprint density at radius 2 is 1.65 bits per heavy atom. The van der Waals surface area contributed by atoms with Crippen molar-refractivity contribution >= 4 is 15.7 Å². The lowest BCUT2D eigenvalue weighted by Crippen LogP contribution is -2.15. The van der Waals surface area contributed by atoms with Crippen molar-refractivity contribution in [1.82, 2.24) is 9.78 Å². The lowest BCUT2D eigenvalue weighted by Gasteiger charge is -2.12. The van der Waals surface area contributed by atoms with Gasteiger partial charge in [0.2, 0.25) is 0 Å². The van der Waals surface area contributed by atoms with Crippen LogP contribution in [0, 0.1) is 27.7 Å². The van der Waals surface area contributed by atoms with Crippen LogP contribution in [0.2, 0.25) is 0 Å². The highest BCUT2D eigenvalue weighted by Gasteiger charge is 2.20. The molecule has 0 fully saturated rings. The third kappa shape index (κ3) is 3.80. The van der Waals surface area contributed by atoms with E-state index in [0.29, 0.717) is 17.1 Å². The van der Waals surface area contributed by atoms with Gasteiger partial charge in [-0.2, -0.15) is 5.10 Å². The van der Waals surface area contributed by atoms with Gasteiger partial charge in [-0.15, -0.1) is 0 Å². The van der Waals surface area contributed by atoms with Crippen LogP contribution in [0.15, 0.2) is 53.7 Å². The maximum absolute atomic E-state index is 12.8. The quantitative estimate of drug-likeness (QED) is 0.740. The highest BCUT2D eigenvalue weighted by molar-refractivity contribution is 7.92. The van der Waals surface area contributed by atoms with E-state index in [0.717, 1.165) is 22.3 Å². The van der Waals surface area contributed by atoms with Crippen LogP contribution in [0.4, 0.5) is 5.69 Å². The molecule has 0 spiro atoms. The number of anilines is 1. The molecule has 136 valence electrons. The van der Waals surface area contributed by atoms with Crippen molar-refractivity contribution in [3.63, 3.8) is 0 Å². The first kappa shape index (κ1) is 18.2. The molecule has 2 aromatic carbocycles. The van der Waals surface area contributed by atoms with E-state index in [4.69, 9.17) is 0 Å². The average molecular weight is 369 g/mol. The largest absolute Gasteiger partial charge is 0.276 e. The molecule has 5 nitrogen and oxygen atoms in total. The van der Waals surface area contributed by atoms with Crippen molar-refractivity contribution in [3.05, 3.63) is 76.6 Å². The van der Waals surface area contributed by atoms with Gasteiger partial charge in [0.25, 0.3) is 10.0 Å². The van der Waals surface area contributed by atoms with Crippen LogP contribution >= 0.6 is 0 Å². The fourth-order valence-electron chi connectivity index (χ4n) is 3.26. The molecule has 0 saturated heterocycles. The predicted molar refractivity (Wildman–Crippen MR) is 104 cm³/mol. The number of aryl methyl sites for hydroxylation is 4. The van der Waals surface area contributed by atoms with Gasteiger partial charge in [0.1, 0.15) is 0 Å². The monoisotopic (exact) mass is 369 g/mol. The number of aromatic nitrogens is 2. The summed E-state index contributed by atoms with van der Waals surface area (Å²) in [6.07, 6.45) is 3.25. The second-order valence-electron chi connectivity index (χ2n) is 6.69. The number of nitrogens with one attached hydrogen (secondary N) is 1. The van der Waals surface area contributed by atoms with Gasteiger partial charge in [0, 0.05) is 6.20 Å². The number of benzene rings is 2. The van der Waals surface area contributed by atoms with E-state index in [1.807, 2.05) is 64.1 Å². The van der Waals surface area contributed by atoms with Crippen molar-refractivity contribution in [1.29, 1.82) is 0 Å². The van der Waals surface area contributed by atoms with Crippen molar-refractivity contribution in [3.8, 4) is 0 Å². The molecule has 3 aromatic rings. The first-order valence-corrected chi connectivity index (χ1v) is 9.92. The standard InChI is InChI=1S/C20H23N3O2S/c1-14-9-16(3)20(17(4)10-14)26(24,25)22-19-11-21-23(13-19)12-18-8-6-5-7-15(18)2/h5-11,13,22H,12H2,1-4H3. The normalized spacial score (nSPS) is 11.5. The summed E-state index contributed by atoms with van der Waals surface area (Å²) in [4.78, 5) is 0.328. The number of nitrogens with zero attached hydrogens (tertiary/aromatic N) is 2. The molecule has 0 saturated carbocycles. The first-order chi connectivity index (χ1) is 12.3. The van der Waals surface area contributed by atoms with Gasteiger partial charge in [0.05, 0.1) is 23.3 Å². The third-order valence-corrected chi connectivity index (χ3v) is 6.04. The summed E-state index contributed by atoms with van der Waals surface area (Å²) in [6, 6.07) is 11.8. The van der Waals surface area contributed by atoms with Gasteiger partial charge < -0.3 is 0 Å². The van der Waals surface area contributed by atoms with E-state index in [1.54, 1.807) is 10.9 Å². The van der Waals surface area contributed by atoms with Crippen molar-refractivity contribution in [2.45, 2.75) is 39.1 Å². The van der Waals surface area contributed by atoms with Crippen molar-refractivity contribution < 1.29 is 8.42 Å². The summed E-state index contributed by atoms with van der Waals surface area (Å²) in [5.41, 5.74) is 5.30. The lowest BCUT2D eigenvalue weighted by atomic mass is 10.1. The van der Waals surface area contributed by atoms with Gasteiger partial charge in [-0.3, -0.25) is 9.40 Å². The molecular formula is C20H23N3O2S. The smallest absolute Gasteiger partial charge is 0.262 e. The van der Waals surface area contributed by atoms with Crippen LogP contribution in [0.25, 0.3) is 0 Å². The predicted octanol–water partition coefficient (Wildman–Crippen LogP) is 3.97. The molecule has 1 aromatic heterocycles. The summed E-state index contributed by atoms with van der Waals surface area (Å²) in [5.74, 6) is 0. The molecule has 0 aliphatic rings. The molecule has 1 N–H and O–H groups in total. The lowest BCUT2D eigenvalue weighted by molar-refractivity contribution is 0.600. The van der Waals surface area contributed by atoms with Gasteiger partial charge in [-0.25, -0.2) is 8.42 Å². The fourth-order valence-corrected chi connectivity index (χ4v) is 4.74. The van der Waals surface area contributed by atoms with Crippen LogP contribution in [0.3, 0.4) is 0 Å². The molecule has 6 heteroatoms. The summed E-state index contributed by atoms with van der Waals surface area (Å²) >= 11 is 0. The van der Waals surface area contributed by atoms with Crippen LogP contribution in [0.5, 0.6) is 0 Å². The molecule has 1 heterocycles. The molecule has 0 unspecified atom stereocenters. The Morgan fingerprint density at radius 3 is 2.31 bits per heavy atom. The average Bonchev–Trinajstić information content (AvgIpc) is 2.94. The molecule has 3 rings (SSSR count). The minimum absolute atomic E-state index is 0.328. The van der Waals surface area contributed by atoms with Gasteiger partial charge in [0.15, 0.2) is 0 Å². The third-order valence-electron chi connectivity index (χ3n) is 4.35. The van der Waals surface area contributed by atoms with Crippen LogP contribution in [-0.4, -0.2) is 18.2 Å². The molecule has 0 bridgehead atoms. The van der Waals surface area contributed by atoms with Gasteiger partial charge >= 0.3 is 0 Å². The SMILES string of the molecule is Cc1cc(C)c(S(=O)(=O)Nc2cnn(Cc3ccccc3C)c2)c(C)c1. The molecule has 26 heavy (non-hydrogen) atoms. The molecule has 0 atom stereocenters. The van der Waals surface area contributed by atoms with Crippen molar-refractivity contribution in [2.24, 2.45) is 0 Å². The Morgan fingerprint density at radius 1 is 1.00 bits per heavy atom. The Hall–Kier alpha value is -2.60. The molecule has 0 aliphatic heterocycles. The second-order valence-corrected chi connectivity index (χ2v) is 8.31. The maximum atomic E-state index is 12.8. The van der Waals surface area contributed by atoms with Crippen LogP contribution < -0.4 is 4.72 Å². The zero-order valence-corrected chi connectivity index (χ0v) is 16.3. The van der Waals surface area contributed by atoms with E-state index in [1.165, 1.54) is 11.8 Å². The molecule has 0 radical (unpaired) electrons. The Kier molecular flexibility index (Phi) is 4.87. The zero-order chi connectivity index (χ0) is 18.9. The Labute approximate surface area is 154 Å². The maximum Gasteiger partial charge on any atom is 0.262 e. The van der Waals surface area contributed by atoms with E-state index < -0.39 is 10.0 Å². The summed E-state index contributed by atoms with van der Waals surface area (Å²) in [7, 11) is -3.66. The number of hydrogen-bond acceptors (Lipinski definition) is 3. The number of sulfonamides is 1. The molecule has 0 aliphatic carbocycles. The van der Waals surface area contributed by atoms with E-state index in [9.17, 15) is 8.42 Å². The minimum atomic E-state index is -3.66. The van der Waals surface area contributed by atoms with E-state index >= 15 is 0 Å². The highest BCUT2D eigenvalue weighted by Crippen LogP contribution is 2.24. The number of rotatable bonds is 5. The van der Waals surface area contributed by atoms with Crippen LogP contribution in [-0.2, 0) is 16.6 Å². The number of hydrogen-bond donors (Lipinski definition) is 1. The topological polar surface area (TPSA) is 64.0 Å². The Balaban J connectivity index is 1.84. The van der Waals surface area contributed by atoms with Crippen LogP contribution in [0.1, 0.15) is 27.8 Å². The Bertz CT molecular complexity index is 1030. The molecular weight excluding hydrogens is 346 g/mol.